The standard InChI is InChI=1S/C14H23NO2S/c1-3-4-8-11-15-12-13(2)18(16,17)14-9-6-5-7-10-14/h5-7,9-10,13,15H,3-4,8,11-12H2,1-2H3. The molecule has 0 fully saturated rings. The van der Waals surface area contributed by atoms with Crippen LogP contribution in [0.5, 0.6) is 0 Å². The molecule has 1 N–H and O–H groups in total. The number of hydrogen-bond donors (Lipinski definition) is 1. The molecular formula is C14H23NO2S. The fraction of sp³-hybridized carbons (Fsp3) is 0.571. The van der Waals surface area contributed by atoms with Crippen LogP contribution in [0.2, 0.25) is 0 Å². The van der Waals surface area contributed by atoms with Crippen molar-refractivity contribution in [1.29, 1.82) is 0 Å². The minimum atomic E-state index is -3.19. The quantitative estimate of drug-likeness (QED) is 0.738. The summed E-state index contributed by atoms with van der Waals surface area (Å²) in [5.41, 5.74) is 0. The van der Waals surface area contributed by atoms with Gasteiger partial charge in [0, 0.05) is 6.54 Å². The highest BCUT2D eigenvalue weighted by Gasteiger charge is 2.22. The highest BCUT2D eigenvalue weighted by Crippen LogP contribution is 2.14. The Morgan fingerprint density at radius 3 is 2.44 bits per heavy atom. The Morgan fingerprint density at radius 2 is 1.83 bits per heavy atom. The molecule has 0 saturated carbocycles. The Balaban J connectivity index is 2.48. The third kappa shape index (κ3) is 4.42. The summed E-state index contributed by atoms with van der Waals surface area (Å²) in [5, 5.41) is 2.83. The van der Waals surface area contributed by atoms with Crippen LogP contribution in [0.1, 0.15) is 33.1 Å². The maximum atomic E-state index is 12.2. The molecule has 0 aliphatic heterocycles. The Labute approximate surface area is 111 Å². The van der Waals surface area contributed by atoms with Gasteiger partial charge in [0.1, 0.15) is 0 Å². The highest BCUT2D eigenvalue weighted by atomic mass is 32.2. The van der Waals surface area contributed by atoms with Crippen molar-refractivity contribution in [3.05, 3.63) is 30.3 Å². The lowest BCUT2D eigenvalue weighted by Gasteiger charge is -2.13. The Hall–Kier alpha value is -0.870. The summed E-state index contributed by atoms with van der Waals surface area (Å²) in [6, 6.07) is 8.65. The molecule has 0 saturated heterocycles. The number of rotatable bonds is 8. The molecule has 0 spiro atoms. The maximum Gasteiger partial charge on any atom is 0.182 e. The SMILES string of the molecule is CCCCCNCC(C)S(=O)(=O)c1ccccc1. The topological polar surface area (TPSA) is 46.2 Å². The highest BCUT2D eigenvalue weighted by molar-refractivity contribution is 7.92. The molecular weight excluding hydrogens is 246 g/mol. The summed E-state index contributed by atoms with van der Waals surface area (Å²) < 4.78 is 24.4. The molecule has 1 atom stereocenters. The van der Waals surface area contributed by atoms with Crippen LogP contribution in [0.15, 0.2) is 35.2 Å². The number of sulfone groups is 1. The Kier molecular flexibility index (Phi) is 6.36. The van der Waals surface area contributed by atoms with E-state index in [0.717, 1.165) is 13.0 Å². The lowest BCUT2D eigenvalue weighted by molar-refractivity contribution is 0.564. The van der Waals surface area contributed by atoms with Crippen molar-refractivity contribution in [2.45, 2.75) is 43.3 Å². The lowest BCUT2D eigenvalue weighted by Crippen LogP contribution is -2.31. The summed E-state index contributed by atoms with van der Waals surface area (Å²) >= 11 is 0. The molecule has 4 heteroatoms. The minimum absolute atomic E-state index is 0.387. The molecule has 1 aromatic carbocycles. The predicted octanol–water partition coefficient (Wildman–Crippen LogP) is 2.63. The van der Waals surface area contributed by atoms with E-state index >= 15 is 0 Å². The molecule has 0 aromatic heterocycles. The molecule has 0 amide bonds. The predicted molar refractivity (Wildman–Crippen MR) is 75.5 cm³/mol. The largest absolute Gasteiger partial charge is 0.315 e. The van der Waals surface area contributed by atoms with Gasteiger partial charge in [-0.25, -0.2) is 8.42 Å². The molecule has 0 bridgehead atoms. The van der Waals surface area contributed by atoms with Gasteiger partial charge in [0.05, 0.1) is 10.1 Å². The van der Waals surface area contributed by atoms with Gasteiger partial charge in [-0.3, -0.25) is 0 Å². The molecule has 0 aliphatic rings. The van der Waals surface area contributed by atoms with Gasteiger partial charge < -0.3 is 5.32 Å². The van der Waals surface area contributed by atoms with Crippen LogP contribution in [0.3, 0.4) is 0 Å². The van der Waals surface area contributed by atoms with E-state index in [4.69, 9.17) is 0 Å². The number of hydrogen-bond acceptors (Lipinski definition) is 3. The zero-order valence-electron chi connectivity index (χ0n) is 11.2. The second kappa shape index (κ2) is 7.54. The van der Waals surface area contributed by atoms with Crippen LogP contribution in [-0.2, 0) is 9.84 Å². The van der Waals surface area contributed by atoms with Gasteiger partial charge in [-0.15, -0.1) is 0 Å². The van der Waals surface area contributed by atoms with E-state index in [2.05, 4.69) is 12.2 Å². The van der Waals surface area contributed by atoms with Crippen LogP contribution in [0.25, 0.3) is 0 Å². The zero-order chi connectivity index (χ0) is 13.4. The first-order valence-corrected chi connectivity index (χ1v) is 8.13. The van der Waals surface area contributed by atoms with Gasteiger partial charge in [-0.05, 0) is 32.0 Å². The van der Waals surface area contributed by atoms with Crippen LogP contribution >= 0.6 is 0 Å². The van der Waals surface area contributed by atoms with E-state index < -0.39 is 9.84 Å². The van der Waals surface area contributed by atoms with Gasteiger partial charge in [0.2, 0.25) is 0 Å². The molecule has 1 aromatic rings. The summed E-state index contributed by atoms with van der Waals surface area (Å²) in [4.78, 5) is 0.410. The van der Waals surface area contributed by atoms with Gasteiger partial charge in [-0.2, -0.15) is 0 Å². The van der Waals surface area contributed by atoms with Gasteiger partial charge in [0.25, 0.3) is 0 Å². The van der Waals surface area contributed by atoms with E-state index in [1.165, 1.54) is 12.8 Å². The van der Waals surface area contributed by atoms with Crippen molar-refractivity contribution in [2.24, 2.45) is 0 Å². The van der Waals surface area contributed by atoms with Gasteiger partial charge in [-0.1, -0.05) is 38.0 Å². The van der Waals surface area contributed by atoms with Crippen LogP contribution in [0, 0.1) is 0 Å². The van der Waals surface area contributed by atoms with E-state index in [9.17, 15) is 8.42 Å². The monoisotopic (exact) mass is 269 g/mol. The normalized spacial score (nSPS) is 13.4. The first-order valence-electron chi connectivity index (χ1n) is 6.58. The van der Waals surface area contributed by atoms with Crippen LogP contribution < -0.4 is 5.32 Å². The average Bonchev–Trinajstić information content (AvgIpc) is 2.39. The summed E-state index contributed by atoms with van der Waals surface area (Å²) in [6.07, 6.45) is 3.47. The van der Waals surface area contributed by atoms with Crippen molar-refractivity contribution in [1.82, 2.24) is 5.32 Å². The van der Waals surface area contributed by atoms with Crippen LogP contribution in [0.4, 0.5) is 0 Å². The lowest BCUT2D eigenvalue weighted by atomic mass is 10.2. The first-order chi connectivity index (χ1) is 8.59. The third-order valence-electron chi connectivity index (χ3n) is 2.99. The first kappa shape index (κ1) is 15.2. The summed E-state index contributed by atoms with van der Waals surface area (Å²) in [6.45, 7) is 5.32. The zero-order valence-corrected chi connectivity index (χ0v) is 12.0. The molecule has 3 nitrogen and oxygen atoms in total. The molecule has 18 heavy (non-hydrogen) atoms. The van der Waals surface area contributed by atoms with E-state index in [-0.39, 0.29) is 5.25 Å². The van der Waals surface area contributed by atoms with Crippen molar-refractivity contribution < 1.29 is 8.42 Å². The van der Waals surface area contributed by atoms with Crippen molar-refractivity contribution in [3.63, 3.8) is 0 Å². The van der Waals surface area contributed by atoms with E-state index in [1.54, 1.807) is 31.2 Å². The van der Waals surface area contributed by atoms with Crippen LogP contribution in [-0.4, -0.2) is 26.8 Å². The average molecular weight is 269 g/mol. The number of nitrogens with one attached hydrogen (secondary N) is 1. The second-order valence-corrected chi connectivity index (χ2v) is 6.95. The number of benzene rings is 1. The minimum Gasteiger partial charge on any atom is -0.315 e. The summed E-state index contributed by atoms with van der Waals surface area (Å²) in [5.74, 6) is 0. The van der Waals surface area contributed by atoms with Gasteiger partial charge >= 0.3 is 0 Å². The molecule has 1 unspecified atom stereocenters. The molecule has 0 aliphatic carbocycles. The summed E-state index contributed by atoms with van der Waals surface area (Å²) in [7, 11) is -3.19. The third-order valence-corrected chi connectivity index (χ3v) is 5.15. The molecule has 102 valence electrons. The van der Waals surface area contributed by atoms with Crippen molar-refractivity contribution in [2.75, 3.05) is 13.1 Å². The van der Waals surface area contributed by atoms with Crippen molar-refractivity contribution >= 4 is 9.84 Å². The Morgan fingerprint density at radius 1 is 1.17 bits per heavy atom. The number of unbranched alkanes of at least 4 members (excludes halogenated alkanes) is 2. The smallest absolute Gasteiger partial charge is 0.182 e. The van der Waals surface area contributed by atoms with Crippen molar-refractivity contribution in [3.8, 4) is 0 Å². The Bertz CT molecular complexity index is 428. The van der Waals surface area contributed by atoms with Gasteiger partial charge in [0.15, 0.2) is 9.84 Å². The molecule has 1 rings (SSSR count). The molecule has 0 heterocycles. The van der Waals surface area contributed by atoms with E-state index in [0.29, 0.717) is 11.4 Å². The van der Waals surface area contributed by atoms with E-state index in [1.807, 2.05) is 6.07 Å². The molecule has 0 radical (unpaired) electrons. The fourth-order valence-corrected chi connectivity index (χ4v) is 3.10. The second-order valence-electron chi connectivity index (χ2n) is 4.58. The maximum absolute atomic E-state index is 12.2. The fourth-order valence-electron chi connectivity index (χ4n) is 1.76.